The zero-order valence-electron chi connectivity index (χ0n) is 14.1. The number of piperidine rings is 1. The molecular formula is C18H25N3O2. The average Bonchev–Trinajstić information content (AvgIpc) is 2.48. The van der Waals surface area contributed by atoms with Gasteiger partial charge in [0.15, 0.2) is 0 Å². The number of hydrogen-bond donors (Lipinski definition) is 1. The molecule has 1 aromatic carbocycles. The highest BCUT2D eigenvalue weighted by molar-refractivity contribution is 5.68. The molecule has 0 bridgehead atoms. The summed E-state index contributed by atoms with van der Waals surface area (Å²) in [5.74, 6) is 0. The highest BCUT2D eigenvalue weighted by Gasteiger charge is 2.23. The van der Waals surface area contributed by atoms with E-state index in [1.54, 1.807) is 0 Å². The van der Waals surface area contributed by atoms with Gasteiger partial charge in [-0.2, -0.15) is 5.26 Å². The summed E-state index contributed by atoms with van der Waals surface area (Å²) in [4.78, 5) is 14.1. The molecule has 5 nitrogen and oxygen atoms in total. The van der Waals surface area contributed by atoms with Crippen LogP contribution in [0.5, 0.6) is 0 Å². The summed E-state index contributed by atoms with van der Waals surface area (Å²) in [5, 5.41) is 12.1. The number of amides is 1. The first-order valence-corrected chi connectivity index (χ1v) is 8.07. The second-order valence-corrected chi connectivity index (χ2v) is 6.97. The normalized spacial score (nSPS) is 16.6. The van der Waals surface area contributed by atoms with Gasteiger partial charge in [-0.15, -0.1) is 0 Å². The molecule has 5 heteroatoms. The fourth-order valence-electron chi connectivity index (χ4n) is 2.72. The Balaban J connectivity index is 1.80. The van der Waals surface area contributed by atoms with Gasteiger partial charge in [0.1, 0.15) is 5.60 Å². The third-order valence-electron chi connectivity index (χ3n) is 3.84. The van der Waals surface area contributed by atoms with Crippen LogP contribution in [0.3, 0.4) is 0 Å². The van der Waals surface area contributed by atoms with E-state index in [0.717, 1.165) is 43.6 Å². The molecule has 0 aliphatic carbocycles. The molecule has 1 aromatic rings. The smallest absolute Gasteiger partial charge is 0.407 e. The van der Waals surface area contributed by atoms with Gasteiger partial charge in [0, 0.05) is 25.7 Å². The lowest BCUT2D eigenvalue weighted by molar-refractivity contribution is 0.0477. The van der Waals surface area contributed by atoms with E-state index in [1.165, 1.54) is 0 Å². The van der Waals surface area contributed by atoms with Crippen molar-refractivity contribution in [1.82, 2.24) is 10.2 Å². The third-order valence-corrected chi connectivity index (χ3v) is 3.84. The lowest BCUT2D eigenvalue weighted by Gasteiger charge is -2.33. The van der Waals surface area contributed by atoms with Crippen molar-refractivity contribution in [3.63, 3.8) is 0 Å². The maximum Gasteiger partial charge on any atom is 0.407 e. The number of hydrogen-bond acceptors (Lipinski definition) is 4. The van der Waals surface area contributed by atoms with E-state index in [-0.39, 0.29) is 12.1 Å². The molecule has 0 saturated carbocycles. The second-order valence-electron chi connectivity index (χ2n) is 6.97. The summed E-state index contributed by atoms with van der Waals surface area (Å²) in [7, 11) is 0. The van der Waals surface area contributed by atoms with Crippen LogP contribution in [0, 0.1) is 11.3 Å². The molecule has 23 heavy (non-hydrogen) atoms. The van der Waals surface area contributed by atoms with Gasteiger partial charge in [-0.25, -0.2) is 4.79 Å². The summed E-state index contributed by atoms with van der Waals surface area (Å²) in [6, 6.07) is 10.1. The van der Waals surface area contributed by atoms with Crippen LogP contribution in [-0.2, 0) is 11.3 Å². The quantitative estimate of drug-likeness (QED) is 0.931. The molecule has 0 radical (unpaired) electrons. The predicted octanol–water partition coefficient (Wildman–Crippen LogP) is 3.05. The van der Waals surface area contributed by atoms with Crippen molar-refractivity contribution in [1.29, 1.82) is 5.26 Å². The maximum absolute atomic E-state index is 11.8. The molecule has 0 unspecified atom stereocenters. The van der Waals surface area contributed by atoms with E-state index in [0.29, 0.717) is 0 Å². The van der Waals surface area contributed by atoms with Crippen molar-refractivity contribution in [2.75, 3.05) is 13.1 Å². The van der Waals surface area contributed by atoms with Crippen LogP contribution in [0.15, 0.2) is 24.3 Å². The standard InChI is InChI=1S/C18H25N3O2/c1-18(2,3)23-17(22)20-16-8-10-21(11-9-16)13-15-7-5-4-6-14(15)12-19/h4-7,16H,8-11,13H2,1-3H3,(H,20,22). The lowest BCUT2D eigenvalue weighted by atomic mass is 10.0. The fourth-order valence-corrected chi connectivity index (χ4v) is 2.72. The molecule has 0 spiro atoms. The van der Waals surface area contributed by atoms with E-state index >= 15 is 0 Å². The Kier molecular flexibility index (Phi) is 5.62. The van der Waals surface area contributed by atoms with Crippen molar-refractivity contribution in [2.24, 2.45) is 0 Å². The topological polar surface area (TPSA) is 65.4 Å². The first kappa shape index (κ1) is 17.3. The molecule has 0 aromatic heterocycles. The molecule has 1 heterocycles. The Labute approximate surface area is 138 Å². The molecular weight excluding hydrogens is 290 g/mol. The minimum atomic E-state index is -0.466. The number of benzene rings is 1. The van der Waals surface area contributed by atoms with Crippen molar-refractivity contribution < 1.29 is 9.53 Å². The van der Waals surface area contributed by atoms with Gasteiger partial charge >= 0.3 is 6.09 Å². The van der Waals surface area contributed by atoms with E-state index in [9.17, 15) is 4.79 Å². The molecule has 124 valence electrons. The van der Waals surface area contributed by atoms with Gasteiger partial charge in [0.25, 0.3) is 0 Å². The largest absolute Gasteiger partial charge is 0.444 e. The number of alkyl carbamates (subject to hydrolysis) is 1. The number of rotatable bonds is 3. The Morgan fingerprint density at radius 2 is 2.00 bits per heavy atom. The number of nitrogens with one attached hydrogen (secondary N) is 1. The number of nitriles is 1. The fraction of sp³-hybridized carbons (Fsp3) is 0.556. The zero-order chi connectivity index (χ0) is 16.9. The average molecular weight is 315 g/mol. The molecule has 1 N–H and O–H groups in total. The third kappa shape index (κ3) is 5.57. The van der Waals surface area contributed by atoms with Gasteiger partial charge in [-0.3, -0.25) is 4.90 Å². The van der Waals surface area contributed by atoms with Crippen LogP contribution < -0.4 is 5.32 Å². The second kappa shape index (κ2) is 7.47. The van der Waals surface area contributed by atoms with Gasteiger partial charge in [-0.1, -0.05) is 18.2 Å². The minimum Gasteiger partial charge on any atom is -0.444 e. The Morgan fingerprint density at radius 3 is 2.61 bits per heavy atom. The molecule has 1 amide bonds. The monoisotopic (exact) mass is 315 g/mol. The van der Waals surface area contributed by atoms with Gasteiger partial charge in [-0.05, 0) is 45.2 Å². The molecule has 1 aliphatic rings. The van der Waals surface area contributed by atoms with Crippen molar-refractivity contribution in [2.45, 2.75) is 51.8 Å². The maximum atomic E-state index is 11.8. The highest BCUT2D eigenvalue weighted by atomic mass is 16.6. The minimum absolute atomic E-state index is 0.160. The van der Waals surface area contributed by atoms with Crippen LogP contribution >= 0.6 is 0 Å². The van der Waals surface area contributed by atoms with E-state index < -0.39 is 5.60 Å². The van der Waals surface area contributed by atoms with Gasteiger partial charge in [0.05, 0.1) is 11.6 Å². The molecule has 1 aliphatic heterocycles. The Morgan fingerprint density at radius 1 is 1.35 bits per heavy atom. The summed E-state index contributed by atoms with van der Waals surface area (Å²) in [6.07, 6.45) is 1.45. The van der Waals surface area contributed by atoms with Crippen LogP contribution in [0.4, 0.5) is 4.79 Å². The van der Waals surface area contributed by atoms with Gasteiger partial charge in [0.2, 0.25) is 0 Å². The zero-order valence-corrected chi connectivity index (χ0v) is 14.1. The Hall–Kier alpha value is -2.06. The number of likely N-dealkylation sites (tertiary alicyclic amines) is 1. The molecule has 1 fully saturated rings. The number of carbonyl (C=O) groups excluding carboxylic acids is 1. The van der Waals surface area contributed by atoms with Crippen LogP contribution in [0.2, 0.25) is 0 Å². The van der Waals surface area contributed by atoms with Gasteiger partial charge < -0.3 is 10.1 Å². The first-order chi connectivity index (χ1) is 10.9. The van der Waals surface area contributed by atoms with Crippen molar-refractivity contribution in [3.05, 3.63) is 35.4 Å². The van der Waals surface area contributed by atoms with E-state index in [2.05, 4.69) is 16.3 Å². The van der Waals surface area contributed by atoms with Crippen LogP contribution in [-0.4, -0.2) is 35.7 Å². The number of ether oxygens (including phenoxy) is 1. The highest BCUT2D eigenvalue weighted by Crippen LogP contribution is 2.17. The Bertz CT molecular complexity index is 579. The van der Waals surface area contributed by atoms with Crippen LogP contribution in [0.25, 0.3) is 0 Å². The molecule has 0 atom stereocenters. The molecule has 2 rings (SSSR count). The molecule has 1 saturated heterocycles. The van der Waals surface area contributed by atoms with Crippen LogP contribution in [0.1, 0.15) is 44.7 Å². The summed E-state index contributed by atoms with van der Waals surface area (Å²) in [6.45, 7) is 8.18. The predicted molar refractivity (Wildman–Crippen MR) is 88.8 cm³/mol. The van der Waals surface area contributed by atoms with Crippen molar-refractivity contribution >= 4 is 6.09 Å². The van der Waals surface area contributed by atoms with E-state index in [1.807, 2.05) is 45.0 Å². The summed E-state index contributed by atoms with van der Waals surface area (Å²) in [5.41, 5.74) is 1.33. The number of carbonyl (C=O) groups is 1. The first-order valence-electron chi connectivity index (χ1n) is 8.07. The SMILES string of the molecule is CC(C)(C)OC(=O)NC1CCN(Cc2ccccc2C#N)CC1. The summed E-state index contributed by atoms with van der Waals surface area (Å²) < 4.78 is 5.29. The van der Waals surface area contributed by atoms with Crippen molar-refractivity contribution in [3.8, 4) is 6.07 Å². The lowest BCUT2D eigenvalue weighted by Crippen LogP contribution is -2.45. The summed E-state index contributed by atoms with van der Waals surface area (Å²) >= 11 is 0. The number of nitrogens with zero attached hydrogens (tertiary/aromatic N) is 2. The van der Waals surface area contributed by atoms with E-state index in [4.69, 9.17) is 10.00 Å².